The molecule has 7 nitrogen and oxygen atoms in total. The predicted octanol–water partition coefficient (Wildman–Crippen LogP) is 3.04. The van der Waals surface area contributed by atoms with Gasteiger partial charge in [0, 0.05) is 19.1 Å². The highest BCUT2D eigenvalue weighted by atomic mass is 16.7. The fraction of sp³-hybridized carbons (Fsp3) is 0.667. The first-order valence-electron chi connectivity index (χ1n) is 11.5. The van der Waals surface area contributed by atoms with Gasteiger partial charge >= 0.3 is 13.2 Å². The van der Waals surface area contributed by atoms with E-state index in [-0.39, 0.29) is 23.2 Å². The second-order valence-corrected chi connectivity index (χ2v) is 10.8. The predicted molar refractivity (Wildman–Crippen MR) is 125 cm³/mol. The number of alkyl carbamates (subject to hydrolysis) is 1. The summed E-state index contributed by atoms with van der Waals surface area (Å²) in [6.07, 6.45) is 1.58. The van der Waals surface area contributed by atoms with Crippen LogP contribution in [0.2, 0.25) is 0 Å². The average Bonchev–Trinajstić information content (AvgIpc) is 2.88. The van der Waals surface area contributed by atoms with Gasteiger partial charge in [-0.3, -0.25) is 4.79 Å². The van der Waals surface area contributed by atoms with Crippen LogP contribution >= 0.6 is 0 Å². The largest absolute Gasteiger partial charge is 0.494 e. The maximum Gasteiger partial charge on any atom is 0.494 e. The Morgan fingerprint density at radius 1 is 1.12 bits per heavy atom. The lowest BCUT2D eigenvalue weighted by molar-refractivity contribution is -0.131. The van der Waals surface area contributed by atoms with Gasteiger partial charge in [-0.15, -0.1) is 0 Å². The third-order valence-electron chi connectivity index (χ3n) is 6.36. The molecule has 1 atom stereocenters. The van der Waals surface area contributed by atoms with Crippen LogP contribution < -0.4 is 10.8 Å². The maximum absolute atomic E-state index is 12.9. The van der Waals surface area contributed by atoms with Crippen molar-refractivity contribution in [1.29, 1.82) is 0 Å². The summed E-state index contributed by atoms with van der Waals surface area (Å²) in [6.45, 7) is 14.8. The van der Waals surface area contributed by atoms with Gasteiger partial charge in [0.25, 0.3) is 0 Å². The standard InChI is InChI=1S/C24H37BN2O5/c1-22(2,3)30-21(29)26-19-9-8-14-27(16-19)20(28)15-17-10-12-18(13-11-17)25-31-23(4,5)24(6,7)32-25/h10-13,19H,8-9,14-16H2,1-7H3,(H,26,29)/t19-/m1/s1. The smallest absolute Gasteiger partial charge is 0.444 e. The first-order valence-corrected chi connectivity index (χ1v) is 11.5. The molecule has 2 aliphatic rings. The van der Waals surface area contributed by atoms with Crippen LogP contribution in [-0.4, -0.2) is 60.0 Å². The highest BCUT2D eigenvalue weighted by molar-refractivity contribution is 6.62. The number of hydrogen-bond acceptors (Lipinski definition) is 5. The van der Waals surface area contributed by atoms with E-state index >= 15 is 0 Å². The van der Waals surface area contributed by atoms with E-state index < -0.39 is 18.8 Å². The Kier molecular flexibility index (Phi) is 6.96. The van der Waals surface area contributed by atoms with E-state index in [1.807, 2.05) is 77.6 Å². The van der Waals surface area contributed by atoms with E-state index in [0.29, 0.717) is 19.5 Å². The lowest BCUT2D eigenvalue weighted by Gasteiger charge is -2.33. The minimum absolute atomic E-state index is 0.0593. The number of piperidine rings is 1. The van der Waals surface area contributed by atoms with Gasteiger partial charge in [-0.1, -0.05) is 24.3 Å². The molecule has 1 N–H and O–H groups in total. The summed E-state index contributed by atoms with van der Waals surface area (Å²) in [5, 5.41) is 2.89. The molecular formula is C24H37BN2O5. The molecule has 0 radical (unpaired) electrons. The molecular weight excluding hydrogens is 407 g/mol. The van der Waals surface area contributed by atoms with Crippen molar-refractivity contribution in [3.8, 4) is 0 Å². The number of benzene rings is 1. The SMILES string of the molecule is CC(C)(C)OC(=O)N[C@@H]1CCCN(C(=O)Cc2ccc(B3OC(C)(C)C(C)(C)O3)cc2)C1. The molecule has 176 valence electrons. The Morgan fingerprint density at radius 2 is 1.72 bits per heavy atom. The van der Waals surface area contributed by atoms with Crippen molar-refractivity contribution in [2.45, 2.75) is 90.6 Å². The number of likely N-dealkylation sites (tertiary alicyclic amines) is 1. The van der Waals surface area contributed by atoms with Gasteiger partial charge in [0.1, 0.15) is 5.60 Å². The van der Waals surface area contributed by atoms with Gasteiger partial charge in [-0.25, -0.2) is 4.79 Å². The van der Waals surface area contributed by atoms with Gasteiger partial charge in [0.2, 0.25) is 5.91 Å². The van der Waals surface area contributed by atoms with Crippen molar-refractivity contribution in [1.82, 2.24) is 10.2 Å². The van der Waals surface area contributed by atoms with Crippen molar-refractivity contribution in [3.63, 3.8) is 0 Å². The number of carbonyl (C=O) groups is 2. The lowest BCUT2D eigenvalue weighted by Crippen LogP contribution is -2.50. The minimum Gasteiger partial charge on any atom is -0.444 e. The zero-order valence-electron chi connectivity index (χ0n) is 20.5. The topological polar surface area (TPSA) is 77.1 Å². The number of hydrogen-bond donors (Lipinski definition) is 1. The van der Waals surface area contributed by atoms with Crippen molar-refractivity contribution in [2.24, 2.45) is 0 Å². The molecule has 8 heteroatoms. The van der Waals surface area contributed by atoms with Crippen molar-refractivity contribution in [2.75, 3.05) is 13.1 Å². The summed E-state index contributed by atoms with van der Waals surface area (Å²) in [5.74, 6) is 0.0593. The molecule has 0 spiro atoms. The van der Waals surface area contributed by atoms with Crippen LogP contribution in [-0.2, 0) is 25.3 Å². The van der Waals surface area contributed by atoms with Crippen LogP contribution in [0.25, 0.3) is 0 Å². The van der Waals surface area contributed by atoms with Crippen LogP contribution in [0, 0.1) is 0 Å². The molecule has 3 rings (SSSR count). The van der Waals surface area contributed by atoms with Crippen molar-refractivity contribution in [3.05, 3.63) is 29.8 Å². The molecule has 32 heavy (non-hydrogen) atoms. The minimum atomic E-state index is -0.541. The number of nitrogens with zero attached hydrogens (tertiary/aromatic N) is 1. The second kappa shape index (κ2) is 9.06. The van der Waals surface area contributed by atoms with Crippen LogP contribution in [0.1, 0.15) is 66.9 Å². The molecule has 0 unspecified atom stereocenters. The van der Waals surface area contributed by atoms with Crippen LogP contribution in [0.5, 0.6) is 0 Å². The number of amides is 2. The van der Waals surface area contributed by atoms with Gasteiger partial charge in [0.15, 0.2) is 0 Å². The third kappa shape index (κ3) is 6.04. The van der Waals surface area contributed by atoms with Crippen LogP contribution in [0.4, 0.5) is 4.79 Å². The highest BCUT2D eigenvalue weighted by Crippen LogP contribution is 2.36. The van der Waals surface area contributed by atoms with Gasteiger partial charge in [-0.2, -0.15) is 0 Å². The third-order valence-corrected chi connectivity index (χ3v) is 6.36. The molecule has 2 saturated heterocycles. The summed E-state index contributed by atoms with van der Waals surface area (Å²) in [7, 11) is -0.411. The summed E-state index contributed by atoms with van der Waals surface area (Å²) < 4.78 is 17.5. The van der Waals surface area contributed by atoms with E-state index in [9.17, 15) is 9.59 Å². The molecule has 2 fully saturated rings. The molecule has 0 saturated carbocycles. The lowest BCUT2D eigenvalue weighted by atomic mass is 9.79. The van der Waals surface area contributed by atoms with E-state index in [1.54, 1.807) is 0 Å². The van der Waals surface area contributed by atoms with Gasteiger partial charge in [-0.05, 0) is 72.3 Å². The molecule has 2 amide bonds. The van der Waals surface area contributed by atoms with Crippen molar-refractivity contribution < 1.29 is 23.6 Å². The molecule has 0 aromatic heterocycles. The Bertz CT molecular complexity index is 816. The molecule has 0 aliphatic carbocycles. The quantitative estimate of drug-likeness (QED) is 0.723. The fourth-order valence-corrected chi connectivity index (χ4v) is 3.85. The molecule has 2 heterocycles. The molecule has 1 aromatic carbocycles. The monoisotopic (exact) mass is 444 g/mol. The Balaban J connectivity index is 1.54. The summed E-state index contributed by atoms with van der Waals surface area (Å²) in [4.78, 5) is 26.8. The molecule has 0 bridgehead atoms. The summed E-state index contributed by atoms with van der Waals surface area (Å²) in [6, 6.07) is 7.76. The number of ether oxygens (including phenoxy) is 1. The average molecular weight is 444 g/mol. The number of rotatable bonds is 4. The number of carbonyl (C=O) groups excluding carboxylic acids is 2. The van der Waals surface area contributed by atoms with E-state index in [2.05, 4.69) is 5.32 Å². The Morgan fingerprint density at radius 3 is 2.28 bits per heavy atom. The van der Waals surface area contributed by atoms with E-state index in [4.69, 9.17) is 14.0 Å². The first-order chi connectivity index (χ1) is 14.8. The molecule has 2 aliphatic heterocycles. The first kappa shape index (κ1) is 24.6. The van der Waals surface area contributed by atoms with Gasteiger partial charge < -0.3 is 24.3 Å². The van der Waals surface area contributed by atoms with Gasteiger partial charge in [0.05, 0.1) is 17.6 Å². The highest BCUT2D eigenvalue weighted by Gasteiger charge is 2.51. The van der Waals surface area contributed by atoms with E-state index in [1.165, 1.54) is 0 Å². The molecule has 1 aromatic rings. The van der Waals surface area contributed by atoms with Crippen molar-refractivity contribution >= 4 is 24.6 Å². The summed E-state index contributed by atoms with van der Waals surface area (Å²) >= 11 is 0. The zero-order chi connectivity index (χ0) is 23.7. The summed E-state index contributed by atoms with van der Waals surface area (Å²) in [5.41, 5.74) is 0.576. The van der Waals surface area contributed by atoms with Crippen LogP contribution in [0.15, 0.2) is 24.3 Å². The fourth-order valence-electron chi connectivity index (χ4n) is 3.85. The van der Waals surface area contributed by atoms with E-state index in [0.717, 1.165) is 23.9 Å². The second-order valence-electron chi connectivity index (χ2n) is 10.8. The van der Waals surface area contributed by atoms with Crippen LogP contribution in [0.3, 0.4) is 0 Å². The Labute approximate surface area is 192 Å². The number of nitrogens with one attached hydrogen (secondary N) is 1. The Hall–Kier alpha value is -2.06. The zero-order valence-corrected chi connectivity index (χ0v) is 20.5. The maximum atomic E-state index is 12.9. The normalized spacial score (nSPS) is 22.5.